The van der Waals surface area contributed by atoms with Gasteiger partial charge in [0.25, 0.3) is 0 Å². The summed E-state index contributed by atoms with van der Waals surface area (Å²) in [7, 11) is 0. The van der Waals surface area contributed by atoms with Crippen molar-refractivity contribution in [3.05, 3.63) is 46.6 Å². The Balaban J connectivity index is 3.40. The summed E-state index contributed by atoms with van der Waals surface area (Å²) in [6.07, 6.45) is 0. The molecule has 1 rings (SSSR count). The lowest BCUT2D eigenvalue weighted by atomic mass is 10.0. The molecule has 1 aromatic carbocycles. The standard InChI is InChI=1S/C11H10N2/c1-8(2)9-6-5-7-10(12-3)11(9)13-4/h5-8H,1-2H3. The van der Waals surface area contributed by atoms with Crippen molar-refractivity contribution >= 4 is 11.4 Å². The topological polar surface area (TPSA) is 8.72 Å². The molecule has 0 bridgehead atoms. The zero-order valence-corrected chi connectivity index (χ0v) is 7.70. The smallest absolute Gasteiger partial charge is 0.197 e. The number of rotatable bonds is 1. The Morgan fingerprint density at radius 2 is 1.85 bits per heavy atom. The maximum Gasteiger partial charge on any atom is 0.197 e. The highest BCUT2D eigenvalue weighted by molar-refractivity contribution is 5.74. The minimum atomic E-state index is 0.297. The molecular formula is C11H10N2. The van der Waals surface area contributed by atoms with Gasteiger partial charge in [-0.25, -0.2) is 4.85 Å². The van der Waals surface area contributed by atoms with E-state index in [-0.39, 0.29) is 0 Å². The van der Waals surface area contributed by atoms with Gasteiger partial charge in [-0.05, 0) is 5.92 Å². The Kier molecular flexibility index (Phi) is 2.67. The van der Waals surface area contributed by atoms with Crippen molar-refractivity contribution in [2.45, 2.75) is 19.8 Å². The molecule has 0 spiro atoms. The summed E-state index contributed by atoms with van der Waals surface area (Å²) in [5.74, 6) is 0.297. The molecule has 0 saturated carbocycles. The van der Waals surface area contributed by atoms with Crippen LogP contribution in [0.5, 0.6) is 0 Å². The van der Waals surface area contributed by atoms with Crippen LogP contribution < -0.4 is 0 Å². The van der Waals surface area contributed by atoms with Gasteiger partial charge in [0.2, 0.25) is 0 Å². The van der Waals surface area contributed by atoms with Gasteiger partial charge >= 0.3 is 0 Å². The Bertz CT molecular complexity index is 392. The summed E-state index contributed by atoms with van der Waals surface area (Å²) in [5.41, 5.74) is 1.93. The summed E-state index contributed by atoms with van der Waals surface area (Å²) in [6, 6.07) is 5.43. The highest BCUT2D eigenvalue weighted by Gasteiger charge is 2.10. The molecule has 0 saturated heterocycles. The molecule has 0 unspecified atom stereocenters. The molecule has 0 radical (unpaired) electrons. The first-order chi connectivity index (χ1) is 6.20. The summed E-state index contributed by atoms with van der Waals surface area (Å²) in [4.78, 5) is 6.72. The van der Waals surface area contributed by atoms with Gasteiger partial charge in [0.15, 0.2) is 11.4 Å². The van der Waals surface area contributed by atoms with Crippen molar-refractivity contribution in [2.24, 2.45) is 0 Å². The fourth-order valence-corrected chi connectivity index (χ4v) is 1.23. The van der Waals surface area contributed by atoms with E-state index in [2.05, 4.69) is 9.69 Å². The molecule has 0 aliphatic rings. The van der Waals surface area contributed by atoms with E-state index in [9.17, 15) is 0 Å². The van der Waals surface area contributed by atoms with E-state index in [0.29, 0.717) is 17.3 Å². The zero-order chi connectivity index (χ0) is 9.84. The third kappa shape index (κ3) is 1.68. The molecule has 0 aliphatic carbocycles. The van der Waals surface area contributed by atoms with E-state index in [1.807, 2.05) is 26.0 Å². The lowest BCUT2D eigenvalue weighted by Gasteiger charge is -2.08. The molecule has 13 heavy (non-hydrogen) atoms. The molecule has 0 fully saturated rings. The van der Waals surface area contributed by atoms with Crippen molar-refractivity contribution in [1.82, 2.24) is 0 Å². The summed E-state index contributed by atoms with van der Waals surface area (Å²) in [6.45, 7) is 18.0. The van der Waals surface area contributed by atoms with Crippen LogP contribution in [-0.4, -0.2) is 0 Å². The van der Waals surface area contributed by atoms with Crippen LogP contribution in [0.25, 0.3) is 9.69 Å². The van der Waals surface area contributed by atoms with Crippen molar-refractivity contribution in [3.63, 3.8) is 0 Å². The second-order valence-electron chi connectivity index (χ2n) is 3.09. The minimum Gasteiger partial charge on any atom is -0.250 e. The molecule has 0 amide bonds. The Morgan fingerprint density at radius 3 is 2.31 bits per heavy atom. The van der Waals surface area contributed by atoms with Gasteiger partial charge in [-0.2, -0.15) is 0 Å². The van der Waals surface area contributed by atoms with Gasteiger partial charge < -0.3 is 0 Å². The maximum absolute atomic E-state index is 7.00. The van der Waals surface area contributed by atoms with Gasteiger partial charge in [0.1, 0.15) is 0 Å². The van der Waals surface area contributed by atoms with E-state index < -0.39 is 0 Å². The number of hydrogen-bond donors (Lipinski definition) is 0. The average molecular weight is 170 g/mol. The first kappa shape index (κ1) is 9.29. The molecule has 2 nitrogen and oxygen atoms in total. The predicted molar refractivity (Wildman–Crippen MR) is 53.1 cm³/mol. The fourth-order valence-electron chi connectivity index (χ4n) is 1.23. The predicted octanol–water partition coefficient (Wildman–Crippen LogP) is 3.91. The van der Waals surface area contributed by atoms with Crippen LogP contribution in [0.2, 0.25) is 0 Å². The van der Waals surface area contributed by atoms with E-state index >= 15 is 0 Å². The minimum absolute atomic E-state index is 0.297. The van der Waals surface area contributed by atoms with Crippen molar-refractivity contribution < 1.29 is 0 Å². The van der Waals surface area contributed by atoms with Crippen LogP contribution in [-0.2, 0) is 0 Å². The Hall–Kier alpha value is -1.80. The monoisotopic (exact) mass is 170 g/mol. The molecule has 0 atom stereocenters. The van der Waals surface area contributed by atoms with Crippen molar-refractivity contribution in [2.75, 3.05) is 0 Å². The van der Waals surface area contributed by atoms with Crippen LogP contribution in [0.15, 0.2) is 18.2 Å². The highest BCUT2D eigenvalue weighted by atomic mass is 14.8. The van der Waals surface area contributed by atoms with Gasteiger partial charge in [0.05, 0.1) is 13.1 Å². The van der Waals surface area contributed by atoms with Gasteiger partial charge in [0, 0.05) is 0 Å². The van der Waals surface area contributed by atoms with E-state index in [0.717, 1.165) is 5.56 Å². The van der Waals surface area contributed by atoms with Gasteiger partial charge in [-0.15, -0.1) is 0 Å². The Morgan fingerprint density at radius 1 is 1.15 bits per heavy atom. The summed E-state index contributed by atoms with van der Waals surface area (Å²) >= 11 is 0. The van der Waals surface area contributed by atoms with Gasteiger partial charge in [-0.3, -0.25) is 4.85 Å². The second-order valence-corrected chi connectivity index (χ2v) is 3.09. The molecule has 64 valence electrons. The largest absolute Gasteiger partial charge is 0.250 e. The Labute approximate surface area is 78.5 Å². The molecule has 0 aromatic heterocycles. The third-order valence-corrected chi connectivity index (χ3v) is 1.90. The lowest BCUT2D eigenvalue weighted by Crippen LogP contribution is -1.86. The number of para-hydroxylation sites is 1. The van der Waals surface area contributed by atoms with Crippen LogP contribution in [0.3, 0.4) is 0 Å². The van der Waals surface area contributed by atoms with E-state index in [1.165, 1.54) is 0 Å². The molecule has 2 heteroatoms. The number of hydrogen-bond acceptors (Lipinski definition) is 0. The quantitative estimate of drug-likeness (QED) is 0.565. The average Bonchev–Trinajstić information content (AvgIpc) is 2.16. The normalized spacial score (nSPS) is 9.31. The van der Waals surface area contributed by atoms with Gasteiger partial charge in [-0.1, -0.05) is 37.6 Å². The first-order valence-electron chi connectivity index (χ1n) is 4.08. The number of nitrogens with zero attached hydrogens (tertiary/aromatic N) is 2. The maximum atomic E-state index is 7.00. The van der Waals surface area contributed by atoms with Crippen LogP contribution in [0, 0.1) is 13.1 Å². The third-order valence-electron chi connectivity index (χ3n) is 1.90. The summed E-state index contributed by atoms with van der Waals surface area (Å²) < 4.78 is 0. The van der Waals surface area contributed by atoms with E-state index in [1.54, 1.807) is 6.07 Å². The van der Waals surface area contributed by atoms with Crippen LogP contribution in [0.4, 0.5) is 11.4 Å². The molecule has 0 heterocycles. The first-order valence-corrected chi connectivity index (χ1v) is 4.08. The molecular weight excluding hydrogens is 160 g/mol. The molecule has 0 aliphatic heterocycles. The zero-order valence-electron chi connectivity index (χ0n) is 7.70. The van der Waals surface area contributed by atoms with Crippen molar-refractivity contribution in [1.29, 1.82) is 0 Å². The SMILES string of the molecule is [C-]#[N+]c1cccc(C(C)C)c1[N+]#[C-]. The molecule has 1 aromatic rings. The van der Waals surface area contributed by atoms with E-state index in [4.69, 9.17) is 13.1 Å². The fraction of sp³-hybridized carbons (Fsp3) is 0.273. The second kappa shape index (κ2) is 3.74. The lowest BCUT2D eigenvalue weighted by molar-refractivity contribution is 0.872. The molecule has 0 N–H and O–H groups in total. The highest BCUT2D eigenvalue weighted by Crippen LogP contribution is 2.35. The van der Waals surface area contributed by atoms with Crippen LogP contribution >= 0.6 is 0 Å². The van der Waals surface area contributed by atoms with Crippen molar-refractivity contribution in [3.8, 4) is 0 Å². The van der Waals surface area contributed by atoms with Crippen LogP contribution in [0.1, 0.15) is 25.3 Å². The number of benzene rings is 1. The summed E-state index contributed by atoms with van der Waals surface area (Å²) in [5, 5.41) is 0.